The highest BCUT2D eigenvalue weighted by molar-refractivity contribution is 7.99. The summed E-state index contributed by atoms with van der Waals surface area (Å²) in [7, 11) is 0. The Kier molecular flexibility index (Phi) is 4.48. The standard InChI is InChI=1S/C12H16FNOS/c13-6-1-8-15-11-4-2-10(3-5-11)12-14-7-9-16-12/h2-5,12,14H,1,6-9H2/t12-/m1/s1. The normalized spacial score (nSPS) is 19.9. The zero-order chi connectivity index (χ0) is 11.2. The number of hydrogen-bond donors (Lipinski definition) is 1. The van der Waals surface area contributed by atoms with Gasteiger partial charge in [0.2, 0.25) is 0 Å². The van der Waals surface area contributed by atoms with Gasteiger partial charge in [0.25, 0.3) is 0 Å². The molecule has 0 spiro atoms. The van der Waals surface area contributed by atoms with Gasteiger partial charge in [0.1, 0.15) is 5.75 Å². The van der Waals surface area contributed by atoms with Crippen LogP contribution in [0.15, 0.2) is 24.3 Å². The fraction of sp³-hybridized carbons (Fsp3) is 0.500. The molecule has 1 atom stereocenters. The summed E-state index contributed by atoms with van der Waals surface area (Å²) in [6.07, 6.45) is 0.460. The predicted octanol–water partition coefficient (Wildman–Crippen LogP) is 2.76. The van der Waals surface area contributed by atoms with Crippen LogP contribution in [0.4, 0.5) is 4.39 Å². The summed E-state index contributed by atoms with van der Waals surface area (Å²) >= 11 is 1.92. The smallest absolute Gasteiger partial charge is 0.119 e. The molecule has 1 heterocycles. The molecule has 0 aliphatic carbocycles. The first-order chi connectivity index (χ1) is 7.90. The molecule has 1 saturated heterocycles. The number of ether oxygens (including phenoxy) is 1. The first-order valence-electron chi connectivity index (χ1n) is 5.54. The van der Waals surface area contributed by atoms with E-state index in [9.17, 15) is 4.39 Å². The highest BCUT2D eigenvalue weighted by Gasteiger charge is 2.16. The van der Waals surface area contributed by atoms with E-state index >= 15 is 0 Å². The van der Waals surface area contributed by atoms with Crippen LogP contribution >= 0.6 is 11.8 Å². The van der Waals surface area contributed by atoms with E-state index in [1.807, 2.05) is 23.9 Å². The second-order valence-electron chi connectivity index (χ2n) is 3.66. The third kappa shape index (κ3) is 3.12. The molecular formula is C12H16FNOS. The molecule has 88 valence electrons. The monoisotopic (exact) mass is 241 g/mol. The summed E-state index contributed by atoms with van der Waals surface area (Å²) in [6.45, 7) is 1.21. The van der Waals surface area contributed by atoms with Gasteiger partial charge in [-0.05, 0) is 17.7 Å². The van der Waals surface area contributed by atoms with Crippen LogP contribution in [-0.4, -0.2) is 25.6 Å². The number of alkyl halides is 1. The molecule has 1 aliphatic heterocycles. The molecule has 1 aliphatic rings. The summed E-state index contributed by atoms with van der Waals surface area (Å²) in [5.41, 5.74) is 1.28. The van der Waals surface area contributed by atoms with Crippen molar-refractivity contribution in [3.8, 4) is 5.75 Å². The molecule has 2 rings (SSSR count). The van der Waals surface area contributed by atoms with Gasteiger partial charge in [-0.1, -0.05) is 12.1 Å². The first-order valence-corrected chi connectivity index (χ1v) is 6.59. The van der Waals surface area contributed by atoms with E-state index in [0.29, 0.717) is 18.4 Å². The van der Waals surface area contributed by atoms with Gasteiger partial charge in [-0.3, -0.25) is 4.39 Å². The minimum Gasteiger partial charge on any atom is -0.494 e. The predicted molar refractivity (Wildman–Crippen MR) is 65.7 cm³/mol. The van der Waals surface area contributed by atoms with Crippen LogP contribution in [0.2, 0.25) is 0 Å². The average molecular weight is 241 g/mol. The molecule has 0 radical (unpaired) electrons. The average Bonchev–Trinajstić information content (AvgIpc) is 2.84. The van der Waals surface area contributed by atoms with Gasteiger partial charge in [0, 0.05) is 18.7 Å². The van der Waals surface area contributed by atoms with Crippen molar-refractivity contribution in [1.29, 1.82) is 0 Å². The van der Waals surface area contributed by atoms with Crippen LogP contribution < -0.4 is 10.1 Å². The van der Waals surface area contributed by atoms with Crippen molar-refractivity contribution in [2.75, 3.05) is 25.6 Å². The summed E-state index contributed by atoms with van der Waals surface area (Å²) in [5, 5.41) is 3.83. The van der Waals surface area contributed by atoms with Gasteiger partial charge in [-0.15, -0.1) is 11.8 Å². The SMILES string of the molecule is FCCCOc1ccc([C@@H]2NCCS2)cc1. The lowest BCUT2D eigenvalue weighted by atomic mass is 10.2. The van der Waals surface area contributed by atoms with E-state index < -0.39 is 0 Å². The lowest BCUT2D eigenvalue weighted by Gasteiger charge is -2.11. The molecular weight excluding hydrogens is 225 g/mol. The van der Waals surface area contributed by atoms with Crippen molar-refractivity contribution in [1.82, 2.24) is 5.32 Å². The number of nitrogens with one attached hydrogen (secondary N) is 1. The number of hydrogen-bond acceptors (Lipinski definition) is 3. The third-order valence-electron chi connectivity index (χ3n) is 2.45. The third-order valence-corrected chi connectivity index (χ3v) is 3.66. The molecule has 1 fully saturated rings. The molecule has 1 aromatic carbocycles. The Balaban J connectivity index is 1.88. The summed E-state index contributed by atoms with van der Waals surface area (Å²) < 4.78 is 17.3. The Bertz CT molecular complexity index is 311. The van der Waals surface area contributed by atoms with Gasteiger partial charge in [-0.2, -0.15) is 0 Å². The molecule has 0 aromatic heterocycles. The van der Waals surface area contributed by atoms with Crippen molar-refractivity contribution in [2.24, 2.45) is 0 Å². The lowest BCUT2D eigenvalue weighted by molar-refractivity contribution is 0.289. The van der Waals surface area contributed by atoms with Crippen LogP contribution in [-0.2, 0) is 0 Å². The molecule has 1 aromatic rings. The fourth-order valence-electron chi connectivity index (χ4n) is 1.62. The van der Waals surface area contributed by atoms with E-state index in [1.165, 1.54) is 11.3 Å². The molecule has 0 saturated carbocycles. The van der Waals surface area contributed by atoms with E-state index in [2.05, 4.69) is 17.4 Å². The Morgan fingerprint density at radius 3 is 2.81 bits per heavy atom. The highest BCUT2D eigenvalue weighted by atomic mass is 32.2. The Hall–Kier alpha value is -0.740. The number of benzene rings is 1. The molecule has 1 N–H and O–H groups in total. The van der Waals surface area contributed by atoms with E-state index in [0.717, 1.165) is 12.3 Å². The molecule has 4 heteroatoms. The Morgan fingerprint density at radius 2 is 2.19 bits per heavy atom. The maximum atomic E-state index is 11.9. The molecule has 0 unspecified atom stereocenters. The largest absolute Gasteiger partial charge is 0.494 e. The van der Waals surface area contributed by atoms with Crippen LogP contribution in [0, 0.1) is 0 Å². The molecule has 16 heavy (non-hydrogen) atoms. The van der Waals surface area contributed by atoms with E-state index in [4.69, 9.17) is 4.74 Å². The van der Waals surface area contributed by atoms with Crippen molar-refractivity contribution < 1.29 is 9.13 Å². The van der Waals surface area contributed by atoms with Gasteiger partial charge < -0.3 is 10.1 Å². The quantitative estimate of drug-likeness (QED) is 0.801. The van der Waals surface area contributed by atoms with Crippen molar-refractivity contribution in [3.05, 3.63) is 29.8 Å². The van der Waals surface area contributed by atoms with Crippen molar-refractivity contribution in [2.45, 2.75) is 11.8 Å². The van der Waals surface area contributed by atoms with Gasteiger partial charge in [0.15, 0.2) is 0 Å². The fourth-order valence-corrected chi connectivity index (χ4v) is 2.68. The minimum atomic E-state index is -0.319. The topological polar surface area (TPSA) is 21.3 Å². The van der Waals surface area contributed by atoms with Gasteiger partial charge >= 0.3 is 0 Å². The van der Waals surface area contributed by atoms with E-state index in [-0.39, 0.29) is 6.67 Å². The highest BCUT2D eigenvalue weighted by Crippen LogP contribution is 2.30. The molecule has 0 bridgehead atoms. The van der Waals surface area contributed by atoms with E-state index in [1.54, 1.807) is 0 Å². The maximum Gasteiger partial charge on any atom is 0.119 e. The summed E-state index contributed by atoms with van der Waals surface area (Å²) in [4.78, 5) is 0. The second-order valence-corrected chi connectivity index (χ2v) is 4.88. The van der Waals surface area contributed by atoms with Crippen LogP contribution in [0.5, 0.6) is 5.75 Å². The number of rotatable bonds is 5. The first kappa shape index (κ1) is 11.7. The minimum absolute atomic E-state index is 0.319. The van der Waals surface area contributed by atoms with Gasteiger partial charge in [0.05, 0.1) is 18.7 Å². The summed E-state index contributed by atoms with van der Waals surface area (Å²) in [6, 6.07) is 8.05. The number of thioether (sulfide) groups is 1. The zero-order valence-corrected chi connectivity index (χ0v) is 9.93. The van der Waals surface area contributed by atoms with Gasteiger partial charge in [-0.25, -0.2) is 0 Å². The number of halogens is 1. The van der Waals surface area contributed by atoms with Crippen molar-refractivity contribution >= 4 is 11.8 Å². The van der Waals surface area contributed by atoms with Crippen LogP contribution in [0.1, 0.15) is 17.4 Å². The molecule has 2 nitrogen and oxygen atoms in total. The Labute approximate surface area is 99.6 Å². The Morgan fingerprint density at radius 1 is 1.38 bits per heavy atom. The molecule has 0 amide bonds. The van der Waals surface area contributed by atoms with Crippen molar-refractivity contribution in [3.63, 3.8) is 0 Å². The maximum absolute atomic E-state index is 11.9. The summed E-state index contributed by atoms with van der Waals surface area (Å²) in [5.74, 6) is 1.99. The van der Waals surface area contributed by atoms with Crippen LogP contribution in [0.25, 0.3) is 0 Å². The second kappa shape index (κ2) is 6.11. The lowest BCUT2D eigenvalue weighted by Crippen LogP contribution is -2.11. The van der Waals surface area contributed by atoms with Crippen LogP contribution in [0.3, 0.4) is 0 Å². The zero-order valence-electron chi connectivity index (χ0n) is 9.12.